The molecule has 1 N–H and O–H groups in total. The summed E-state index contributed by atoms with van der Waals surface area (Å²) >= 11 is 0. The molecular weight excluding hydrogens is 224 g/mol. The zero-order valence-corrected chi connectivity index (χ0v) is 11.6. The quantitative estimate of drug-likeness (QED) is 0.878. The summed E-state index contributed by atoms with van der Waals surface area (Å²) in [6, 6.07) is 9.50. The lowest BCUT2D eigenvalue weighted by atomic mass is 10.1. The number of hydrogen-bond acceptors (Lipinski definition) is 3. The molecule has 0 spiro atoms. The topological polar surface area (TPSA) is 26.7 Å². The lowest BCUT2D eigenvalue weighted by Crippen LogP contribution is -2.56. The predicted octanol–water partition coefficient (Wildman–Crippen LogP) is 1.49. The molecule has 0 saturated carbocycles. The SMILES string of the molecule is Cc1ccc(CN2CC(C)N(C)CC2CO)cc1. The van der Waals surface area contributed by atoms with Crippen molar-refractivity contribution in [3.63, 3.8) is 0 Å². The highest BCUT2D eigenvalue weighted by molar-refractivity contribution is 5.21. The molecule has 18 heavy (non-hydrogen) atoms. The van der Waals surface area contributed by atoms with E-state index in [2.05, 4.69) is 55.0 Å². The summed E-state index contributed by atoms with van der Waals surface area (Å²) < 4.78 is 0. The van der Waals surface area contributed by atoms with Gasteiger partial charge in [-0.2, -0.15) is 0 Å². The first-order valence-corrected chi connectivity index (χ1v) is 6.71. The van der Waals surface area contributed by atoms with E-state index in [0.29, 0.717) is 6.04 Å². The molecule has 1 aliphatic rings. The molecule has 0 aromatic heterocycles. The third-order valence-corrected chi connectivity index (χ3v) is 3.98. The largest absolute Gasteiger partial charge is 0.395 e. The first-order valence-electron chi connectivity index (χ1n) is 6.71. The van der Waals surface area contributed by atoms with Crippen molar-refractivity contribution in [2.45, 2.75) is 32.5 Å². The van der Waals surface area contributed by atoms with Crippen LogP contribution in [0.2, 0.25) is 0 Å². The summed E-state index contributed by atoms with van der Waals surface area (Å²) in [5.74, 6) is 0. The lowest BCUT2D eigenvalue weighted by Gasteiger charge is -2.43. The molecule has 1 aromatic rings. The van der Waals surface area contributed by atoms with Gasteiger partial charge in [0.05, 0.1) is 6.61 Å². The van der Waals surface area contributed by atoms with Gasteiger partial charge in [0.1, 0.15) is 0 Å². The third kappa shape index (κ3) is 3.10. The van der Waals surface area contributed by atoms with Crippen LogP contribution in [0.15, 0.2) is 24.3 Å². The van der Waals surface area contributed by atoms with E-state index in [4.69, 9.17) is 0 Å². The van der Waals surface area contributed by atoms with Gasteiger partial charge in [0.2, 0.25) is 0 Å². The highest BCUT2D eigenvalue weighted by atomic mass is 16.3. The van der Waals surface area contributed by atoms with Crippen molar-refractivity contribution in [3.8, 4) is 0 Å². The number of aliphatic hydroxyl groups excluding tert-OH is 1. The van der Waals surface area contributed by atoms with E-state index in [9.17, 15) is 5.11 Å². The van der Waals surface area contributed by atoms with Crippen LogP contribution >= 0.6 is 0 Å². The highest BCUT2D eigenvalue weighted by Crippen LogP contribution is 2.17. The number of aliphatic hydroxyl groups is 1. The zero-order chi connectivity index (χ0) is 13.1. The summed E-state index contributed by atoms with van der Waals surface area (Å²) in [6.45, 7) is 7.50. The molecule has 2 rings (SSSR count). The van der Waals surface area contributed by atoms with Crippen molar-refractivity contribution in [2.24, 2.45) is 0 Å². The molecule has 2 unspecified atom stereocenters. The minimum atomic E-state index is 0.239. The van der Waals surface area contributed by atoms with Crippen LogP contribution in [0.1, 0.15) is 18.1 Å². The first-order chi connectivity index (χ1) is 8.60. The van der Waals surface area contributed by atoms with Gasteiger partial charge in [-0.1, -0.05) is 29.8 Å². The molecule has 0 bridgehead atoms. The maximum atomic E-state index is 9.52. The standard InChI is InChI=1S/C15H24N2O/c1-12-4-6-14(7-5-12)9-17-8-13(2)16(3)10-15(17)11-18/h4-7,13,15,18H,8-11H2,1-3H3. The minimum Gasteiger partial charge on any atom is -0.395 e. The van der Waals surface area contributed by atoms with Gasteiger partial charge >= 0.3 is 0 Å². The lowest BCUT2D eigenvalue weighted by molar-refractivity contribution is 0.0174. The van der Waals surface area contributed by atoms with Gasteiger partial charge < -0.3 is 10.0 Å². The van der Waals surface area contributed by atoms with E-state index >= 15 is 0 Å². The summed E-state index contributed by atoms with van der Waals surface area (Å²) in [5, 5.41) is 9.52. The van der Waals surface area contributed by atoms with Crippen molar-refractivity contribution < 1.29 is 5.11 Å². The molecule has 100 valence electrons. The molecule has 1 aliphatic heterocycles. The minimum absolute atomic E-state index is 0.239. The Hall–Kier alpha value is -0.900. The maximum absolute atomic E-state index is 9.52. The Morgan fingerprint density at radius 1 is 1.22 bits per heavy atom. The predicted molar refractivity (Wildman–Crippen MR) is 74.6 cm³/mol. The van der Waals surface area contributed by atoms with Crippen molar-refractivity contribution in [3.05, 3.63) is 35.4 Å². The fourth-order valence-corrected chi connectivity index (χ4v) is 2.55. The van der Waals surface area contributed by atoms with Gasteiger partial charge in [-0.15, -0.1) is 0 Å². The molecule has 3 heteroatoms. The number of aryl methyl sites for hydroxylation is 1. The second-order valence-electron chi connectivity index (χ2n) is 5.54. The Morgan fingerprint density at radius 2 is 1.89 bits per heavy atom. The number of rotatable bonds is 3. The van der Waals surface area contributed by atoms with Crippen LogP contribution in [0, 0.1) is 6.92 Å². The van der Waals surface area contributed by atoms with Crippen LogP contribution < -0.4 is 0 Å². The summed E-state index contributed by atoms with van der Waals surface area (Å²) in [5.41, 5.74) is 2.63. The molecule has 2 atom stereocenters. The first kappa shape index (κ1) is 13.5. The molecule has 0 amide bonds. The van der Waals surface area contributed by atoms with E-state index in [-0.39, 0.29) is 12.6 Å². The third-order valence-electron chi connectivity index (χ3n) is 3.98. The molecule has 0 radical (unpaired) electrons. The van der Waals surface area contributed by atoms with E-state index in [1.807, 2.05) is 0 Å². The Kier molecular flexibility index (Phi) is 4.38. The maximum Gasteiger partial charge on any atom is 0.0599 e. The van der Waals surface area contributed by atoms with E-state index in [1.165, 1.54) is 11.1 Å². The van der Waals surface area contributed by atoms with Gasteiger partial charge in [-0.25, -0.2) is 0 Å². The van der Waals surface area contributed by atoms with Crippen molar-refractivity contribution in [1.29, 1.82) is 0 Å². The van der Waals surface area contributed by atoms with Crippen LogP contribution in [0.25, 0.3) is 0 Å². The van der Waals surface area contributed by atoms with Gasteiger partial charge in [-0.05, 0) is 26.5 Å². The van der Waals surface area contributed by atoms with Gasteiger partial charge in [0.25, 0.3) is 0 Å². The van der Waals surface area contributed by atoms with Crippen LogP contribution in [-0.2, 0) is 6.54 Å². The van der Waals surface area contributed by atoms with Crippen LogP contribution in [0.5, 0.6) is 0 Å². The van der Waals surface area contributed by atoms with Crippen LogP contribution in [0.4, 0.5) is 0 Å². The van der Waals surface area contributed by atoms with Crippen LogP contribution in [0.3, 0.4) is 0 Å². The van der Waals surface area contributed by atoms with Gasteiger partial charge in [-0.3, -0.25) is 4.90 Å². The van der Waals surface area contributed by atoms with E-state index in [1.54, 1.807) is 0 Å². The Morgan fingerprint density at radius 3 is 2.50 bits per heavy atom. The second-order valence-corrected chi connectivity index (χ2v) is 5.54. The fourth-order valence-electron chi connectivity index (χ4n) is 2.55. The molecule has 1 aromatic carbocycles. The molecule has 0 aliphatic carbocycles. The van der Waals surface area contributed by atoms with Crippen molar-refractivity contribution in [1.82, 2.24) is 9.80 Å². The second kappa shape index (κ2) is 5.83. The monoisotopic (exact) mass is 248 g/mol. The molecule has 3 nitrogen and oxygen atoms in total. The Bertz CT molecular complexity index is 377. The van der Waals surface area contributed by atoms with Crippen LogP contribution in [-0.4, -0.2) is 53.7 Å². The molecular formula is C15H24N2O. The zero-order valence-electron chi connectivity index (χ0n) is 11.6. The van der Waals surface area contributed by atoms with E-state index < -0.39 is 0 Å². The summed E-state index contributed by atoms with van der Waals surface area (Å²) in [6.07, 6.45) is 0. The summed E-state index contributed by atoms with van der Waals surface area (Å²) in [7, 11) is 2.14. The number of likely N-dealkylation sites (N-methyl/N-ethyl adjacent to an activating group) is 1. The van der Waals surface area contributed by atoms with Crippen molar-refractivity contribution in [2.75, 3.05) is 26.7 Å². The molecule has 1 fully saturated rings. The number of nitrogens with zero attached hydrogens (tertiary/aromatic N) is 2. The number of hydrogen-bond donors (Lipinski definition) is 1. The van der Waals surface area contributed by atoms with Gasteiger partial charge in [0, 0.05) is 31.7 Å². The Balaban J connectivity index is 2.04. The smallest absolute Gasteiger partial charge is 0.0599 e. The molecule has 1 heterocycles. The van der Waals surface area contributed by atoms with Gasteiger partial charge in [0.15, 0.2) is 0 Å². The Labute approximate surface area is 110 Å². The van der Waals surface area contributed by atoms with Crippen molar-refractivity contribution >= 4 is 0 Å². The fraction of sp³-hybridized carbons (Fsp3) is 0.600. The van der Waals surface area contributed by atoms with E-state index in [0.717, 1.165) is 19.6 Å². The number of piperazine rings is 1. The summed E-state index contributed by atoms with van der Waals surface area (Å²) in [4.78, 5) is 4.72. The average molecular weight is 248 g/mol. The average Bonchev–Trinajstić information content (AvgIpc) is 2.36. The normalized spacial score (nSPS) is 26.4. The molecule has 1 saturated heterocycles. The highest BCUT2D eigenvalue weighted by Gasteiger charge is 2.28. The number of benzene rings is 1.